The van der Waals surface area contributed by atoms with E-state index in [1.165, 1.54) is 6.42 Å². The first kappa shape index (κ1) is 26.2. The van der Waals surface area contributed by atoms with Gasteiger partial charge in [0, 0.05) is 80.0 Å². The predicted octanol–water partition coefficient (Wildman–Crippen LogP) is 4.08. The Balaban J connectivity index is 1.09. The number of nitrogens with one attached hydrogen (secondary N) is 1. The molecule has 1 amide bonds. The van der Waals surface area contributed by atoms with Gasteiger partial charge in [-0.1, -0.05) is 12.1 Å². The van der Waals surface area contributed by atoms with Crippen LogP contribution in [0.2, 0.25) is 0 Å². The lowest BCUT2D eigenvalue weighted by Crippen LogP contribution is -2.47. The number of aliphatic hydroxyl groups is 1. The first-order chi connectivity index (χ1) is 20.0. The number of nitrogens with zero attached hydrogens (tertiary/aromatic N) is 7. The number of aryl methyl sites for hydroxylation is 1. The van der Waals surface area contributed by atoms with Gasteiger partial charge in [0.25, 0.3) is 5.91 Å². The molecule has 7 rings (SSSR count). The first-order valence-corrected chi connectivity index (χ1v) is 15.3. The second-order valence-electron chi connectivity index (χ2n) is 11.2. The maximum atomic E-state index is 13.0. The Morgan fingerprint density at radius 2 is 1.93 bits per heavy atom. The molecule has 0 spiro atoms. The van der Waals surface area contributed by atoms with Crippen molar-refractivity contribution in [2.75, 3.05) is 49.5 Å². The van der Waals surface area contributed by atoms with Crippen LogP contribution in [0.4, 0.5) is 17.6 Å². The fraction of sp³-hybridized carbons (Fsp3) is 0.433. The van der Waals surface area contributed by atoms with Crippen LogP contribution >= 0.6 is 11.3 Å². The van der Waals surface area contributed by atoms with Gasteiger partial charge >= 0.3 is 0 Å². The normalized spacial score (nSPS) is 20.7. The minimum atomic E-state index is 0.101. The largest absolute Gasteiger partial charge is 0.395 e. The van der Waals surface area contributed by atoms with E-state index in [4.69, 9.17) is 15.0 Å². The molecule has 0 aliphatic carbocycles. The lowest BCUT2D eigenvalue weighted by atomic mass is 10.1. The number of benzene rings is 1. The van der Waals surface area contributed by atoms with Crippen LogP contribution in [0.3, 0.4) is 0 Å². The summed E-state index contributed by atoms with van der Waals surface area (Å²) < 4.78 is 0.985. The Labute approximate surface area is 243 Å². The van der Waals surface area contributed by atoms with Crippen LogP contribution in [0.1, 0.15) is 41.7 Å². The van der Waals surface area contributed by atoms with Crippen LogP contribution in [0.15, 0.2) is 42.6 Å². The molecule has 3 aliphatic heterocycles. The second kappa shape index (κ2) is 11.0. The van der Waals surface area contributed by atoms with E-state index in [2.05, 4.69) is 20.1 Å². The summed E-state index contributed by atoms with van der Waals surface area (Å²) in [6, 6.07) is 12.5. The summed E-state index contributed by atoms with van der Waals surface area (Å²) in [5, 5.41) is 13.6. The van der Waals surface area contributed by atoms with Gasteiger partial charge in [-0.25, -0.2) is 15.0 Å². The van der Waals surface area contributed by atoms with Crippen LogP contribution < -0.4 is 10.2 Å². The Morgan fingerprint density at radius 3 is 2.73 bits per heavy atom. The van der Waals surface area contributed by atoms with Crippen LogP contribution in [-0.2, 0) is 0 Å². The van der Waals surface area contributed by atoms with Crippen molar-refractivity contribution in [3.8, 4) is 10.6 Å². The molecular formula is C30H34N8O2S. The average molecular weight is 571 g/mol. The molecule has 3 aromatic heterocycles. The van der Waals surface area contributed by atoms with Crippen LogP contribution in [0, 0.1) is 6.92 Å². The molecule has 10 nitrogen and oxygen atoms in total. The number of piperazine rings is 1. The number of carbonyl (C=O) groups is 1. The maximum absolute atomic E-state index is 13.0. The van der Waals surface area contributed by atoms with E-state index in [1.807, 2.05) is 54.4 Å². The van der Waals surface area contributed by atoms with Crippen molar-refractivity contribution in [3.05, 3.63) is 53.9 Å². The van der Waals surface area contributed by atoms with E-state index in [1.54, 1.807) is 11.3 Å². The minimum Gasteiger partial charge on any atom is -0.395 e. The number of likely N-dealkylation sites (tertiary alicyclic amines) is 2. The van der Waals surface area contributed by atoms with Gasteiger partial charge < -0.3 is 20.2 Å². The van der Waals surface area contributed by atoms with Crippen molar-refractivity contribution in [1.29, 1.82) is 0 Å². The number of carbonyl (C=O) groups excluding carboxylic acids is 1. The standard InChI is InChI=1S/C30H34N8O2S/c1-19-12-27(35-30(32-19)38-18-22-14-23(38)17-37(22)10-11-39)34-26-15-24-25(16-31-26)41-28(33-24)20-6-5-7-21(13-20)29(40)36-8-3-2-4-9-36/h5-7,12-13,15-16,22-23,39H,2-4,8-11,14,17-18H2,1H3,(H,31,32,34,35)/t22-,23-/m0/s1. The average Bonchev–Trinajstić information content (AvgIpc) is 3.72. The molecule has 212 valence electrons. The summed E-state index contributed by atoms with van der Waals surface area (Å²) in [6.07, 6.45) is 6.27. The van der Waals surface area contributed by atoms with E-state index in [0.717, 1.165) is 84.4 Å². The van der Waals surface area contributed by atoms with Gasteiger partial charge in [0.05, 0.1) is 16.8 Å². The second-order valence-corrected chi connectivity index (χ2v) is 12.3. The third-order valence-electron chi connectivity index (χ3n) is 8.37. The Kier molecular flexibility index (Phi) is 7.01. The number of aromatic nitrogens is 4. The summed E-state index contributed by atoms with van der Waals surface area (Å²) in [4.78, 5) is 38.8. The van der Waals surface area contributed by atoms with Crippen LogP contribution in [-0.4, -0.2) is 92.2 Å². The molecule has 3 aliphatic rings. The zero-order valence-corrected chi connectivity index (χ0v) is 24.0. The number of hydrogen-bond donors (Lipinski definition) is 2. The number of fused-ring (bicyclic) bond motifs is 3. The zero-order valence-electron chi connectivity index (χ0n) is 23.2. The van der Waals surface area contributed by atoms with E-state index < -0.39 is 0 Å². The lowest BCUT2D eigenvalue weighted by Gasteiger charge is -2.34. The van der Waals surface area contributed by atoms with Gasteiger partial charge in [-0.15, -0.1) is 11.3 Å². The Morgan fingerprint density at radius 1 is 1.05 bits per heavy atom. The van der Waals surface area contributed by atoms with Crippen LogP contribution in [0.5, 0.6) is 0 Å². The number of aliphatic hydroxyl groups excluding tert-OH is 1. The van der Waals surface area contributed by atoms with Crippen molar-refractivity contribution < 1.29 is 9.90 Å². The quantitative estimate of drug-likeness (QED) is 0.340. The molecule has 0 radical (unpaired) electrons. The van der Waals surface area contributed by atoms with Gasteiger partial charge in [-0.05, 0) is 44.7 Å². The molecule has 3 saturated heterocycles. The molecule has 41 heavy (non-hydrogen) atoms. The number of hydrogen-bond acceptors (Lipinski definition) is 10. The number of anilines is 3. The highest BCUT2D eigenvalue weighted by Gasteiger charge is 2.44. The van der Waals surface area contributed by atoms with Crippen LogP contribution in [0.25, 0.3) is 20.8 Å². The molecule has 2 bridgehead atoms. The molecule has 2 N–H and O–H groups in total. The summed E-state index contributed by atoms with van der Waals surface area (Å²) >= 11 is 1.58. The molecule has 6 heterocycles. The SMILES string of the molecule is Cc1cc(Nc2cc3nc(-c4cccc(C(=O)N5CCCCC5)c4)sc3cn2)nc(N2C[C@@H]3C[C@H]2CN3CCO)n1. The van der Waals surface area contributed by atoms with E-state index >= 15 is 0 Å². The first-order valence-electron chi connectivity index (χ1n) is 14.4. The van der Waals surface area contributed by atoms with Gasteiger partial charge in [-0.2, -0.15) is 4.98 Å². The Hall–Kier alpha value is -3.67. The predicted molar refractivity (Wildman–Crippen MR) is 161 cm³/mol. The minimum absolute atomic E-state index is 0.101. The lowest BCUT2D eigenvalue weighted by molar-refractivity contribution is 0.0724. The zero-order chi connectivity index (χ0) is 27.9. The van der Waals surface area contributed by atoms with Gasteiger partial charge in [0.15, 0.2) is 0 Å². The van der Waals surface area contributed by atoms with Gasteiger partial charge in [0.1, 0.15) is 16.6 Å². The van der Waals surface area contributed by atoms with Crippen molar-refractivity contribution >= 4 is 45.0 Å². The maximum Gasteiger partial charge on any atom is 0.253 e. The fourth-order valence-corrected chi connectivity index (χ4v) is 7.28. The summed E-state index contributed by atoms with van der Waals surface area (Å²) in [6.45, 7) is 6.39. The number of β-amino-alcohol motifs (C(OH)–C–C–N with tert-alkyl or cyclic N) is 1. The smallest absolute Gasteiger partial charge is 0.253 e. The van der Waals surface area contributed by atoms with E-state index in [-0.39, 0.29) is 12.5 Å². The number of pyridine rings is 1. The van der Waals surface area contributed by atoms with Crippen molar-refractivity contribution in [3.63, 3.8) is 0 Å². The topological polar surface area (TPSA) is 111 Å². The molecule has 0 unspecified atom stereocenters. The molecule has 2 atom stereocenters. The molecule has 0 saturated carbocycles. The highest BCUT2D eigenvalue weighted by atomic mass is 32.1. The number of piperidine rings is 1. The van der Waals surface area contributed by atoms with Gasteiger partial charge in [0.2, 0.25) is 5.95 Å². The number of amides is 1. The van der Waals surface area contributed by atoms with Gasteiger partial charge in [-0.3, -0.25) is 9.69 Å². The number of rotatable bonds is 7. The monoisotopic (exact) mass is 570 g/mol. The molecular weight excluding hydrogens is 536 g/mol. The van der Waals surface area contributed by atoms with E-state index in [0.29, 0.717) is 29.3 Å². The molecule has 11 heteroatoms. The summed E-state index contributed by atoms with van der Waals surface area (Å²) in [5.41, 5.74) is 3.40. The third kappa shape index (κ3) is 5.25. The highest BCUT2D eigenvalue weighted by molar-refractivity contribution is 7.21. The Bertz CT molecular complexity index is 1590. The summed E-state index contributed by atoms with van der Waals surface area (Å²) in [7, 11) is 0. The fourth-order valence-electron chi connectivity index (χ4n) is 6.36. The van der Waals surface area contributed by atoms with Crippen molar-refractivity contribution in [2.24, 2.45) is 0 Å². The highest BCUT2D eigenvalue weighted by Crippen LogP contribution is 2.34. The molecule has 4 aromatic rings. The molecule has 3 fully saturated rings. The van der Waals surface area contributed by atoms with Crippen molar-refractivity contribution in [2.45, 2.75) is 44.7 Å². The molecule has 1 aromatic carbocycles. The summed E-state index contributed by atoms with van der Waals surface area (Å²) in [5.74, 6) is 2.21. The van der Waals surface area contributed by atoms with Crippen molar-refractivity contribution in [1.82, 2.24) is 29.7 Å². The number of thiazole rings is 1. The third-order valence-corrected chi connectivity index (χ3v) is 9.43. The van der Waals surface area contributed by atoms with E-state index in [9.17, 15) is 9.90 Å².